The lowest BCUT2D eigenvalue weighted by molar-refractivity contribution is 0.921. The smallest absolute Gasteiger partial charge is 0.111 e. The summed E-state index contributed by atoms with van der Waals surface area (Å²) in [4.78, 5) is 7.79. The first kappa shape index (κ1) is 7.09. The predicted octanol–water partition coefficient (Wildman–Crippen LogP) is 1.38. The van der Waals surface area contributed by atoms with E-state index in [-0.39, 0.29) is 0 Å². The number of aromatic amines is 1. The normalized spacial score (nSPS) is 26.5. The van der Waals surface area contributed by atoms with Crippen molar-refractivity contribution >= 4 is 11.0 Å². The number of nitrogens with zero attached hydrogens (tertiary/aromatic N) is 1. The van der Waals surface area contributed by atoms with E-state index in [1.807, 2.05) is 24.3 Å². The van der Waals surface area contributed by atoms with E-state index in [1.165, 1.54) is 0 Å². The number of fused-ring (bicyclic) bond motifs is 1. The molecule has 2 aromatic rings. The van der Waals surface area contributed by atoms with Gasteiger partial charge in [0.25, 0.3) is 0 Å². The maximum Gasteiger partial charge on any atom is 0.111 e. The summed E-state index contributed by atoms with van der Waals surface area (Å²) in [6.07, 6.45) is 1.07. The van der Waals surface area contributed by atoms with Crippen LogP contribution in [0.4, 0.5) is 0 Å². The number of hydrogen-bond donors (Lipinski definition) is 2. The monoisotopic (exact) mass is 173 g/mol. The van der Waals surface area contributed by atoms with E-state index in [0.717, 1.165) is 23.3 Å². The molecule has 3 nitrogen and oxygen atoms in total. The van der Waals surface area contributed by atoms with E-state index >= 15 is 0 Å². The third-order valence-corrected chi connectivity index (χ3v) is 2.60. The molecule has 13 heavy (non-hydrogen) atoms. The van der Waals surface area contributed by atoms with Gasteiger partial charge in [0.2, 0.25) is 0 Å². The van der Waals surface area contributed by atoms with Crippen LogP contribution in [0.1, 0.15) is 18.2 Å². The van der Waals surface area contributed by atoms with Crippen molar-refractivity contribution < 1.29 is 0 Å². The summed E-state index contributed by atoms with van der Waals surface area (Å²) in [5.74, 6) is 1.51. The van der Waals surface area contributed by atoms with Crippen molar-refractivity contribution in [3.05, 3.63) is 30.1 Å². The van der Waals surface area contributed by atoms with E-state index in [4.69, 9.17) is 5.73 Å². The quantitative estimate of drug-likeness (QED) is 0.684. The van der Waals surface area contributed by atoms with Crippen LogP contribution >= 0.6 is 0 Å². The molecule has 1 aromatic heterocycles. The fraction of sp³-hybridized carbons (Fsp3) is 0.300. The van der Waals surface area contributed by atoms with Crippen LogP contribution in [0.5, 0.6) is 0 Å². The van der Waals surface area contributed by atoms with E-state index in [2.05, 4.69) is 9.97 Å². The maximum absolute atomic E-state index is 5.76. The third-order valence-electron chi connectivity index (χ3n) is 2.60. The van der Waals surface area contributed by atoms with Crippen molar-refractivity contribution in [2.45, 2.75) is 18.4 Å². The summed E-state index contributed by atoms with van der Waals surface area (Å²) >= 11 is 0. The molecule has 2 atom stereocenters. The second kappa shape index (κ2) is 2.33. The van der Waals surface area contributed by atoms with Crippen LogP contribution in [0.2, 0.25) is 0 Å². The van der Waals surface area contributed by atoms with Crippen molar-refractivity contribution in [1.82, 2.24) is 9.97 Å². The molecular formula is C10H11N3. The van der Waals surface area contributed by atoms with Crippen LogP contribution < -0.4 is 5.73 Å². The van der Waals surface area contributed by atoms with Crippen molar-refractivity contribution in [3.8, 4) is 0 Å². The van der Waals surface area contributed by atoms with E-state index in [9.17, 15) is 0 Å². The Bertz CT molecular complexity index is 413. The van der Waals surface area contributed by atoms with Gasteiger partial charge in [0.1, 0.15) is 5.82 Å². The van der Waals surface area contributed by atoms with Gasteiger partial charge in [-0.05, 0) is 18.6 Å². The summed E-state index contributed by atoms with van der Waals surface area (Å²) in [7, 11) is 0. The number of H-pyrrole nitrogens is 1. The molecule has 1 saturated carbocycles. The largest absolute Gasteiger partial charge is 0.342 e. The van der Waals surface area contributed by atoms with Crippen LogP contribution in [-0.4, -0.2) is 16.0 Å². The fourth-order valence-electron chi connectivity index (χ4n) is 1.68. The summed E-state index contributed by atoms with van der Waals surface area (Å²) in [5.41, 5.74) is 7.91. The molecule has 1 aliphatic rings. The van der Waals surface area contributed by atoms with Gasteiger partial charge in [0.15, 0.2) is 0 Å². The molecule has 0 amide bonds. The van der Waals surface area contributed by atoms with Gasteiger partial charge in [-0.1, -0.05) is 12.1 Å². The first-order valence-electron chi connectivity index (χ1n) is 4.55. The second-order valence-electron chi connectivity index (χ2n) is 3.65. The van der Waals surface area contributed by atoms with Crippen molar-refractivity contribution in [2.24, 2.45) is 5.73 Å². The van der Waals surface area contributed by atoms with Gasteiger partial charge in [-0.3, -0.25) is 0 Å². The van der Waals surface area contributed by atoms with Crippen molar-refractivity contribution in [1.29, 1.82) is 0 Å². The lowest BCUT2D eigenvalue weighted by atomic mass is 10.3. The number of aromatic nitrogens is 2. The molecule has 3 N–H and O–H groups in total. The molecule has 0 unspecified atom stereocenters. The van der Waals surface area contributed by atoms with Gasteiger partial charge in [-0.25, -0.2) is 4.98 Å². The van der Waals surface area contributed by atoms with Crippen molar-refractivity contribution in [3.63, 3.8) is 0 Å². The number of para-hydroxylation sites is 2. The molecule has 0 radical (unpaired) electrons. The van der Waals surface area contributed by atoms with Crippen molar-refractivity contribution in [2.75, 3.05) is 0 Å². The number of nitrogens with two attached hydrogens (primary N) is 1. The minimum absolute atomic E-state index is 0.320. The molecule has 0 saturated heterocycles. The van der Waals surface area contributed by atoms with Crippen LogP contribution in [0.25, 0.3) is 11.0 Å². The number of imidazole rings is 1. The molecule has 66 valence electrons. The van der Waals surface area contributed by atoms with Gasteiger partial charge in [-0.2, -0.15) is 0 Å². The molecule has 1 aromatic carbocycles. The summed E-state index contributed by atoms with van der Waals surface area (Å²) in [5, 5.41) is 0. The van der Waals surface area contributed by atoms with Gasteiger partial charge in [-0.15, -0.1) is 0 Å². The lowest BCUT2D eigenvalue weighted by Gasteiger charge is -1.87. The number of nitrogens with one attached hydrogen (secondary N) is 1. The Morgan fingerprint density at radius 1 is 1.38 bits per heavy atom. The van der Waals surface area contributed by atoms with Crippen LogP contribution in [0.15, 0.2) is 24.3 Å². The molecule has 0 aliphatic heterocycles. The lowest BCUT2D eigenvalue weighted by Crippen LogP contribution is -2.01. The molecule has 3 heteroatoms. The molecular weight excluding hydrogens is 162 g/mol. The molecule has 3 rings (SSSR count). The Morgan fingerprint density at radius 3 is 2.85 bits per heavy atom. The maximum atomic E-state index is 5.76. The van der Waals surface area contributed by atoms with Gasteiger partial charge in [0, 0.05) is 12.0 Å². The van der Waals surface area contributed by atoms with Crippen LogP contribution in [0, 0.1) is 0 Å². The highest BCUT2D eigenvalue weighted by molar-refractivity contribution is 5.74. The van der Waals surface area contributed by atoms with Gasteiger partial charge < -0.3 is 10.7 Å². The summed E-state index contributed by atoms with van der Waals surface area (Å²) in [6, 6.07) is 8.39. The van der Waals surface area contributed by atoms with Gasteiger partial charge in [0.05, 0.1) is 11.0 Å². The van der Waals surface area contributed by atoms with Crippen LogP contribution in [-0.2, 0) is 0 Å². The fourth-order valence-corrected chi connectivity index (χ4v) is 1.68. The highest BCUT2D eigenvalue weighted by Gasteiger charge is 2.37. The molecule has 1 fully saturated rings. The number of hydrogen-bond acceptors (Lipinski definition) is 2. The SMILES string of the molecule is N[C@@H]1C[C@@H]1c1nc2ccccc2[nH]1. The Morgan fingerprint density at radius 2 is 2.15 bits per heavy atom. The molecule has 0 bridgehead atoms. The molecule has 1 aliphatic carbocycles. The highest BCUT2D eigenvalue weighted by atomic mass is 15.0. The van der Waals surface area contributed by atoms with Gasteiger partial charge >= 0.3 is 0 Å². The van der Waals surface area contributed by atoms with E-state index in [1.54, 1.807) is 0 Å². The predicted molar refractivity (Wildman–Crippen MR) is 51.4 cm³/mol. The Labute approximate surface area is 76.0 Å². The first-order chi connectivity index (χ1) is 6.34. The molecule has 0 spiro atoms. The average molecular weight is 173 g/mol. The standard InChI is InChI=1S/C10H11N3/c11-7-5-6(7)10-12-8-3-1-2-4-9(8)13-10/h1-4,6-7H,5,11H2,(H,12,13)/t6-,7+/m0/s1. The second-order valence-corrected chi connectivity index (χ2v) is 3.65. The zero-order valence-electron chi connectivity index (χ0n) is 7.20. The third kappa shape index (κ3) is 1.04. The zero-order valence-corrected chi connectivity index (χ0v) is 7.20. The number of rotatable bonds is 1. The Hall–Kier alpha value is -1.35. The minimum Gasteiger partial charge on any atom is -0.342 e. The minimum atomic E-state index is 0.320. The highest BCUT2D eigenvalue weighted by Crippen LogP contribution is 2.37. The molecule has 1 heterocycles. The first-order valence-corrected chi connectivity index (χ1v) is 4.55. The van der Waals surface area contributed by atoms with E-state index < -0.39 is 0 Å². The average Bonchev–Trinajstić information content (AvgIpc) is 2.74. The Balaban J connectivity index is 2.12. The summed E-state index contributed by atoms with van der Waals surface area (Å²) in [6.45, 7) is 0. The van der Waals surface area contributed by atoms with Crippen LogP contribution in [0.3, 0.4) is 0 Å². The number of benzene rings is 1. The zero-order chi connectivity index (χ0) is 8.84. The topological polar surface area (TPSA) is 54.7 Å². The Kier molecular flexibility index (Phi) is 1.27. The summed E-state index contributed by atoms with van der Waals surface area (Å²) < 4.78 is 0. The van der Waals surface area contributed by atoms with E-state index in [0.29, 0.717) is 12.0 Å².